The molecule has 1 saturated heterocycles. The molecular formula is C21H22BrN3O3S. The fourth-order valence-corrected chi connectivity index (χ4v) is 6.02. The van der Waals surface area contributed by atoms with Gasteiger partial charge in [-0.2, -0.15) is 4.31 Å². The van der Waals surface area contributed by atoms with Crippen molar-refractivity contribution < 1.29 is 13.2 Å². The van der Waals surface area contributed by atoms with Crippen LogP contribution < -0.4 is 0 Å². The number of hydrogen-bond acceptors (Lipinski definition) is 3. The van der Waals surface area contributed by atoms with Gasteiger partial charge < -0.3 is 9.88 Å². The number of hydrogen-bond donors (Lipinski definition) is 1. The van der Waals surface area contributed by atoms with Crippen LogP contribution >= 0.6 is 15.9 Å². The van der Waals surface area contributed by atoms with Crippen molar-refractivity contribution in [2.24, 2.45) is 0 Å². The smallest absolute Gasteiger partial charge is 0.271 e. The molecule has 1 fully saturated rings. The number of rotatable bonds is 3. The molecule has 8 heteroatoms. The second-order valence-corrected chi connectivity index (χ2v) is 10.0. The second-order valence-electron chi connectivity index (χ2n) is 7.32. The van der Waals surface area contributed by atoms with Crippen molar-refractivity contribution in [1.29, 1.82) is 0 Å². The van der Waals surface area contributed by atoms with Crippen molar-refractivity contribution in [3.63, 3.8) is 0 Å². The maximum absolute atomic E-state index is 13.1. The molecule has 0 bridgehead atoms. The van der Waals surface area contributed by atoms with E-state index < -0.39 is 10.0 Å². The average Bonchev–Trinajstić information content (AvgIpc) is 3.06. The highest BCUT2D eigenvalue weighted by molar-refractivity contribution is 9.10. The van der Waals surface area contributed by atoms with E-state index in [0.717, 1.165) is 26.5 Å². The summed E-state index contributed by atoms with van der Waals surface area (Å²) >= 11 is 3.52. The number of carbonyl (C=O) groups is 1. The van der Waals surface area contributed by atoms with Gasteiger partial charge in [-0.05, 0) is 53.0 Å². The lowest BCUT2D eigenvalue weighted by Gasteiger charge is -2.34. The highest BCUT2D eigenvalue weighted by Gasteiger charge is 2.32. The van der Waals surface area contributed by atoms with E-state index in [0.29, 0.717) is 23.7 Å². The van der Waals surface area contributed by atoms with Crippen LogP contribution in [0.1, 0.15) is 21.6 Å². The summed E-state index contributed by atoms with van der Waals surface area (Å²) in [5, 5.41) is 0.951. The zero-order chi connectivity index (χ0) is 20.8. The number of nitrogens with one attached hydrogen (secondary N) is 1. The van der Waals surface area contributed by atoms with Gasteiger partial charge in [-0.3, -0.25) is 4.79 Å². The first kappa shape index (κ1) is 20.1. The van der Waals surface area contributed by atoms with E-state index in [4.69, 9.17) is 0 Å². The fourth-order valence-electron chi connectivity index (χ4n) is 3.67. The SMILES string of the molecule is Cc1ccc(C)c(S(=O)(=O)N2CCN(C(=O)c3[nH]c4ccccc4c3Br)CC2)c1. The van der Waals surface area contributed by atoms with Crippen molar-refractivity contribution in [2.75, 3.05) is 26.2 Å². The van der Waals surface area contributed by atoms with Gasteiger partial charge in [-0.15, -0.1) is 0 Å². The molecule has 0 atom stereocenters. The Labute approximate surface area is 178 Å². The summed E-state index contributed by atoms with van der Waals surface area (Å²) < 4.78 is 28.4. The number of amides is 1. The van der Waals surface area contributed by atoms with E-state index >= 15 is 0 Å². The molecule has 3 aromatic rings. The lowest BCUT2D eigenvalue weighted by molar-refractivity contribution is 0.0692. The van der Waals surface area contributed by atoms with Gasteiger partial charge in [0.05, 0.1) is 9.37 Å². The van der Waals surface area contributed by atoms with Gasteiger partial charge in [-0.1, -0.05) is 30.3 Å². The van der Waals surface area contributed by atoms with Crippen LogP contribution in [0.5, 0.6) is 0 Å². The van der Waals surface area contributed by atoms with Gasteiger partial charge >= 0.3 is 0 Å². The van der Waals surface area contributed by atoms with E-state index in [1.807, 2.05) is 43.3 Å². The van der Waals surface area contributed by atoms with E-state index in [-0.39, 0.29) is 19.0 Å². The molecule has 2 aromatic carbocycles. The van der Waals surface area contributed by atoms with Crippen LogP contribution in [0, 0.1) is 13.8 Å². The summed E-state index contributed by atoms with van der Waals surface area (Å²) in [5.41, 5.74) is 3.03. The molecule has 152 valence electrons. The number of nitrogens with zero attached hydrogens (tertiary/aromatic N) is 2. The molecule has 1 amide bonds. The molecule has 1 aliphatic rings. The summed E-state index contributed by atoms with van der Waals surface area (Å²) in [4.78, 5) is 18.2. The molecule has 1 aromatic heterocycles. The molecular weight excluding hydrogens is 454 g/mol. The highest BCUT2D eigenvalue weighted by atomic mass is 79.9. The lowest BCUT2D eigenvalue weighted by atomic mass is 10.2. The number of aromatic nitrogens is 1. The van der Waals surface area contributed by atoms with E-state index in [1.165, 1.54) is 4.31 Å². The topological polar surface area (TPSA) is 73.5 Å². The van der Waals surface area contributed by atoms with E-state index in [1.54, 1.807) is 17.9 Å². The number of aryl methyl sites for hydroxylation is 2. The average molecular weight is 476 g/mol. The highest BCUT2D eigenvalue weighted by Crippen LogP contribution is 2.29. The van der Waals surface area contributed by atoms with Crippen molar-refractivity contribution in [1.82, 2.24) is 14.2 Å². The van der Waals surface area contributed by atoms with Gasteiger partial charge in [0.1, 0.15) is 5.69 Å². The van der Waals surface area contributed by atoms with Crippen LogP contribution in [0.25, 0.3) is 10.9 Å². The van der Waals surface area contributed by atoms with Crippen LogP contribution in [-0.2, 0) is 10.0 Å². The zero-order valence-electron chi connectivity index (χ0n) is 16.3. The maximum atomic E-state index is 13.1. The third kappa shape index (κ3) is 3.60. The Bertz CT molecular complexity index is 1200. The Morgan fingerprint density at radius 2 is 1.72 bits per heavy atom. The van der Waals surface area contributed by atoms with Crippen molar-refractivity contribution in [3.8, 4) is 0 Å². The number of carbonyl (C=O) groups excluding carboxylic acids is 1. The Morgan fingerprint density at radius 1 is 1.03 bits per heavy atom. The molecule has 0 aliphatic carbocycles. The number of fused-ring (bicyclic) bond motifs is 1. The Kier molecular flexibility index (Phi) is 5.27. The standard InChI is InChI=1S/C21H22BrN3O3S/c1-14-7-8-15(2)18(13-14)29(27,28)25-11-9-24(10-12-25)21(26)20-19(22)16-5-3-4-6-17(16)23-20/h3-8,13,23H,9-12H2,1-2H3. The minimum atomic E-state index is -3.58. The largest absolute Gasteiger partial charge is 0.350 e. The Hall–Kier alpha value is -2.16. The minimum Gasteiger partial charge on any atom is -0.350 e. The third-order valence-corrected chi connectivity index (χ3v) is 8.21. The predicted octanol–water partition coefficient (Wildman–Crippen LogP) is 3.69. The van der Waals surface area contributed by atoms with Crippen LogP contribution in [0.3, 0.4) is 0 Å². The molecule has 0 spiro atoms. The predicted molar refractivity (Wildman–Crippen MR) is 117 cm³/mol. The summed E-state index contributed by atoms with van der Waals surface area (Å²) in [6.45, 7) is 4.95. The van der Waals surface area contributed by atoms with Crippen LogP contribution in [-0.4, -0.2) is 54.7 Å². The molecule has 0 saturated carbocycles. The number of benzene rings is 2. The lowest BCUT2D eigenvalue weighted by Crippen LogP contribution is -2.50. The van der Waals surface area contributed by atoms with Crippen LogP contribution in [0.2, 0.25) is 0 Å². The molecule has 1 N–H and O–H groups in total. The number of halogens is 1. The number of sulfonamides is 1. The van der Waals surface area contributed by atoms with E-state index in [2.05, 4.69) is 20.9 Å². The fraction of sp³-hybridized carbons (Fsp3) is 0.286. The molecule has 4 rings (SSSR count). The molecule has 1 aliphatic heterocycles. The van der Waals surface area contributed by atoms with Gasteiger partial charge in [0.25, 0.3) is 5.91 Å². The number of piperazine rings is 1. The molecule has 6 nitrogen and oxygen atoms in total. The molecule has 29 heavy (non-hydrogen) atoms. The summed E-state index contributed by atoms with van der Waals surface area (Å²) in [6.07, 6.45) is 0. The van der Waals surface area contributed by atoms with Crippen molar-refractivity contribution >= 4 is 42.8 Å². The van der Waals surface area contributed by atoms with Crippen molar-refractivity contribution in [2.45, 2.75) is 18.7 Å². The molecule has 2 heterocycles. The number of aromatic amines is 1. The number of H-pyrrole nitrogens is 1. The van der Waals surface area contributed by atoms with Gasteiger partial charge in [0, 0.05) is 37.1 Å². The first-order valence-electron chi connectivity index (χ1n) is 9.42. The summed E-state index contributed by atoms with van der Waals surface area (Å²) in [5.74, 6) is -0.128. The Morgan fingerprint density at radius 3 is 2.41 bits per heavy atom. The first-order valence-corrected chi connectivity index (χ1v) is 11.7. The summed E-state index contributed by atoms with van der Waals surface area (Å²) in [6, 6.07) is 13.2. The minimum absolute atomic E-state index is 0.128. The van der Waals surface area contributed by atoms with Crippen LogP contribution in [0.4, 0.5) is 0 Å². The quantitative estimate of drug-likeness (QED) is 0.627. The third-order valence-electron chi connectivity index (χ3n) is 5.34. The van der Waals surface area contributed by atoms with Gasteiger partial charge in [0.2, 0.25) is 10.0 Å². The van der Waals surface area contributed by atoms with Crippen molar-refractivity contribution in [3.05, 3.63) is 63.8 Å². The second kappa shape index (κ2) is 7.59. The van der Waals surface area contributed by atoms with Crippen LogP contribution in [0.15, 0.2) is 51.8 Å². The monoisotopic (exact) mass is 475 g/mol. The first-order chi connectivity index (χ1) is 13.8. The maximum Gasteiger partial charge on any atom is 0.271 e. The van der Waals surface area contributed by atoms with Gasteiger partial charge in [-0.25, -0.2) is 8.42 Å². The number of para-hydroxylation sites is 1. The zero-order valence-corrected chi connectivity index (χ0v) is 18.7. The van der Waals surface area contributed by atoms with E-state index in [9.17, 15) is 13.2 Å². The molecule has 0 radical (unpaired) electrons. The van der Waals surface area contributed by atoms with Gasteiger partial charge in [0.15, 0.2) is 0 Å². The Balaban J connectivity index is 1.52. The molecule has 0 unspecified atom stereocenters. The normalized spacial score (nSPS) is 15.8. The summed E-state index contributed by atoms with van der Waals surface area (Å²) in [7, 11) is -3.58.